The van der Waals surface area contributed by atoms with Crippen LogP contribution in [0.25, 0.3) is 0 Å². The average molecular weight is 262 g/mol. The molecule has 0 aliphatic carbocycles. The van der Waals surface area contributed by atoms with Gasteiger partial charge in [-0.2, -0.15) is 5.10 Å². The van der Waals surface area contributed by atoms with Gasteiger partial charge in [0.05, 0.1) is 12.5 Å². The van der Waals surface area contributed by atoms with E-state index in [9.17, 15) is 14.7 Å². The van der Waals surface area contributed by atoms with Crippen LogP contribution in [0.4, 0.5) is 0 Å². The van der Waals surface area contributed by atoms with E-state index in [1.54, 1.807) is 31.2 Å². The molecule has 100 valence electrons. The Morgan fingerprint density at radius 2 is 2.05 bits per heavy atom. The van der Waals surface area contributed by atoms with E-state index in [-0.39, 0.29) is 12.3 Å². The first kappa shape index (κ1) is 13.1. The van der Waals surface area contributed by atoms with Crippen LogP contribution in [0.5, 0.6) is 0 Å². The maximum atomic E-state index is 11.8. The molecule has 0 fully saturated rings. The largest absolute Gasteiger partial charge is 0.480 e. The number of ether oxygens (including phenoxy) is 1. The predicted octanol–water partition coefficient (Wildman–Crippen LogP) is 0.746. The zero-order valence-corrected chi connectivity index (χ0v) is 10.4. The van der Waals surface area contributed by atoms with Crippen LogP contribution in [0.2, 0.25) is 0 Å². The molecular formula is C13H14N2O4. The van der Waals surface area contributed by atoms with Crippen LogP contribution in [0.3, 0.4) is 0 Å². The molecule has 0 amide bonds. The van der Waals surface area contributed by atoms with Crippen molar-refractivity contribution in [1.82, 2.24) is 5.43 Å². The van der Waals surface area contributed by atoms with E-state index in [0.29, 0.717) is 5.56 Å². The van der Waals surface area contributed by atoms with Crippen molar-refractivity contribution in [3.8, 4) is 0 Å². The summed E-state index contributed by atoms with van der Waals surface area (Å²) in [5.41, 5.74) is 3.29. The molecule has 1 aliphatic heterocycles. The summed E-state index contributed by atoms with van der Waals surface area (Å²) in [5, 5.41) is 13.0. The van der Waals surface area contributed by atoms with Gasteiger partial charge in [-0.15, -0.1) is 0 Å². The van der Waals surface area contributed by atoms with Gasteiger partial charge >= 0.3 is 11.9 Å². The predicted molar refractivity (Wildman–Crippen MR) is 67.8 cm³/mol. The van der Waals surface area contributed by atoms with E-state index in [1.165, 1.54) is 0 Å². The summed E-state index contributed by atoms with van der Waals surface area (Å²) in [4.78, 5) is 23.0. The molecule has 1 aliphatic rings. The van der Waals surface area contributed by atoms with Gasteiger partial charge in [0.2, 0.25) is 0 Å². The number of rotatable bonds is 4. The summed E-state index contributed by atoms with van der Waals surface area (Å²) in [6.07, 6.45) is 0. The molecule has 2 rings (SSSR count). The van der Waals surface area contributed by atoms with E-state index in [4.69, 9.17) is 4.74 Å². The topological polar surface area (TPSA) is 88.0 Å². The number of aliphatic carboxylic acids is 1. The van der Waals surface area contributed by atoms with E-state index in [1.807, 2.05) is 6.07 Å². The molecule has 1 aromatic rings. The highest BCUT2D eigenvalue weighted by Crippen LogP contribution is 2.26. The summed E-state index contributed by atoms with van der Waals surface area (Å²) in [5.74, 6) is -2.29. The van der Waals surface area contributed by atoms with Crippen molar-refractivity contribution in [2.75, 3.05) is 6.61 Å². The number of nitrogens with one attached hydrogen (secondary N) is 1. The molecule has 0 spiro atoms. The zero-order valence-electron chi connectivity index (χ0n) is 10.4. The first-order valence-corrected chi connectivity index (χ1v) is 5.93. The van der Waals surface area contributed by atoms with Gasteiger partial charge in [0.1, 0.15) is 0 Å². The Labute approximate surface area is 110 Å². The lowest BCUT2D eigenvalue weighted by molar-refractivity contribution is -0.139. The van der Waals surface area contributed by atoms with E-state index >= 15 is 0 Å². The van der Waals surface area contributed by atoms with Crippen molar-refractivity contribution in [1.29, 1.82) is 0 Å². The third-order valence-electron chi connectivity index (χ3n) is 2.86. The van der Waals surface area contributed by atoms with Crippen LogP contribution in [-0.2, 0) is 14.3 Å². The fourth-order valence-electron chi connectivity index (χ4n) is 2.03. The third kappa shape index (κ3) is 2.57. The summed E-state index contributed by atoms with van der Waals surface area (Å²) in [6, 6.07) is 7.97. The Balaban J connectivity index is 2.34. The summed E-state index contributed by atoms with van der Waals surface area (Å²) in [6.45, 7) is 1.91. The number of carboxylic acids is 1. The Kier molecular flexibility index (Phi) is 3.79. The van der Waals surface area contributed by atoms with E-state index < -0.39 is 23.9 Å². The maximum Gasteiger partial charge on any atom is 0.355 e. The molecule has 0 radical (unpaired) electrons. The van der Waals surface area contributed by atoms with Crippen LogP contribution in [-0.4, -0.2) is 35.4 Å². The van der Waals surface area contributed by atoms with Crippen LogP contribution < -0.4 is 5.43 Å². The van der Waals surface area contributed by atoms with Crippen molar-refractivity contribution in [2.45, 2.75) is 18.9 Å². The number of hydrogen-bond acceptors (Lipinski definition) is 5. The second-order valence-electron chi connectivity index (χ2n) is 4.05. The van der Waals surface area contributed by atoms with Crippen molar-refractivity contribution in [3.05, 3.63) is 35.9 Å². The van der Waals surface area contributed by atoms with Crippen LogP contribution in [0.1, 0.15) is 18.4 Å². The van der Waals surface area contributed by atoms with Gasteiger partial charge in [0.15, 0.2) is 11.8 Å². The fourth-order valence-corrected chi connectivity index (χ4v) is 2.03. The fraction of sp³-hybridized carbons (Fsp3) is 0.308. The lowest BCUT2D eigenvalue weighted by Gasteiger charge is -2.16. The lowest BCUT2D eigenvalue weighted by Crippen LogP contribution is -2.37. The number of hydrazone groups is 1. The number of nitrogens with zero attached hydrogens (tertiary/aromatic N) is 1. The number of carbonyl (C=O) groups is 2. The van der Waals surface area contributed by atoms with Crippen LogP contribution >= 0.6 is 0 Å². The number of carbonyl (C=O) groups excluding carboxylic acids is 1. The van der Waals surface area contributed by atoms with Gasteiger partial charge in [-0.25, -0.2) is 9.59 Å². The highest BCUT2D eigenvalue weighted by molar-refractivity contribution is 6.39. The minimum atomic E-state index is -1.06. The SMILES string of the molecule is CCOC(=O)C1=NN[C@H](C(=O)O)[C@H]1c1ccccc1. The summed E-state index contributed by atoms with van der Waals surface area (Å²) < 4.78 is 4.90. The minimum Gasteiger partial charge on any atom is -0.480 e. The Hall–Kier alpha value is -2.37. The number of esters is 1. The molecule has 19 heavy (non-hydrogen) atoms. The van der Waals surface area contributed by atoms with Gasteiger partial charge < -0.3 is 9.84 Å². The van der Waals surface area contributed by atoms with Gasteiger partial charge in [-0.05, 0) is 12.5 Å². The van der Waals surface area contributed by atoms with Gasteiger partial charge in [-0.3, -0.25) is 5.43 Å². The molecule has 1 aromatic carbocycles. The molecule has 0 saturated heterocycles. The molecule has 2 N–H and O–H groups in total. The van der Waals surface area contributed by atoms with Crippen molar-refractivity contribution >= 4 is 17.7 Å². The van der Waals surface area contributed by atoms with E-state index in [2.05, 4.69) is 10.5 Å². The molecule has 0 unspecified atom stereocenters. The normalized spacial score (nSPS) is 21.4. The molecule has 2 atom stereocenters. The summed E-state index contributed by atoms with van der Waals surface area (Å²) >= 11 is 0. The quantitative estimate of drug-likeness (QED) is 0.781. The molecule has 6 heteroatoms. The zero-order chi connectivity index (χ0) is 13.8. The van der Waals surface area contributed by atoms with Gasteiger partial charge in [-0.1, -0.05) is 30.3 Å². The van der Waals surface area contributed by atoms with E-state index in [0.717, 1.165) is 0 Å². The second kappa shape index (κ2) is 5.51. The molecule has 0 saturated carbocycles. The standard InChI is InChI=1S/C13H14N2O4/c1-2-19-13(18)11-9(8-6-4-3-5-7-8)10(12(16)17)14-15-11/h3-7,9-10,14H,2H2,1H3,(H,16,17)/t9-,10+/m1/s1. The molecule has 6 nitrogen and oxygen atoms in total. The Morgan fingerprint density at radius 1 is 1.37 bits per heavy atom. The average Bonchev–Trinajstić information content (AvgIpc) is 2.85. The van der Waals surface area contributed by atoms with Crippen molar-refractivity contribution in [2.24, 2.45) is 5.10 Å². The highest BCUT2D eigenvalue weighted by Gasteiger charge is 2.41. The molecular weight excluding hydrogens is 248 g/mol. The molecule has 0 aromatic heterocycles. The van der Waals surface area contributed by atoms with Crippen LogP contribution in [0, 0.1) is 0 Å². The number of benzene rings is 1. The first-order chi connectivity index (χ1) is 9.15. The first-order valence-electron chi connectivity index (χ1n) is 5.93. The molecule has 1 heterocycles. The Morgan fingerprint density at radius 3 is 2.63 bits per heavy atom. The smallest absolute Gasteiger partial charge is 0.355 e. The third-order valence-corrected chi connectivity index (χ3v) is 2.86. The minimum absolute atomic E-state index is 0.0976. The lowest BCUT2D eigenvalue weighted by atomic mass is 9.88. The Bertz CT molecular complexity index is 513. The van der Waals surface area contributed by atoms with Crippen molar-refractivity contribution < 1.29 is 19.4 Å². The number of hydrogen-bond donors (Lipinski definition) is 2. The summed E-state index contributed by atoms with van der Waals surface area (Å²) in [7, 11) is 0. The highest BCUT2D eigenvalue weighted by atomic mass is 16.5. The van der Waals surface area contributed by atoms with Gasteiger partial charge in [0, 0.05) is 0 Å². The second-order valence-corrected chi connectivity index (χ2v) is 4.05. The maximum absolute atomic E-state index is 11.8. The van der Waals surface area contributed by atoms with Gasteiger partial charge in [0.25, 0.3) is 0 Å². The molecule has 0 bridgehead atoms. The monoisotopic (exact) mass is 262 g/mol. The van der Waals surface area contributed by atoms with Crippen LogP contribution in [0.15, 0.2) is 35.4 Å². The number of carboxylic acid groups (broad SMARTS) is 1. The van der Waals surface area contributed by atoms with Crippen molar-refractivity contribution in [3.63, 3.8) is 0 Å².